The van der Waals surface area contributed by atoms with Crippen molar-refractivity contribution in [3.05, 3.63) is 12.2 Å². The smallest absolute Gasteiger partial charge is 0.243 e. The lowest BCUT2D eigenvalue weighted by molar-refractivity contribution is -0.118. The molecule has 1 aliphatic heterocycles. The predicted molar refractivity (Wildman–Crippen MR) is 56.0 cm³/mol. The van der Waals surface area contributed by atoms with Gasteiger partial charge in [-0.3, -0.25) is 4.79 Å². The number of carbonyl (C=O) groups excluding carboxylic acids is 1. The van der Waals surface area contributed by atoms with Crippen molar-refractivity contribution in [2.24, 2.45) is 0 Å². The highest BCUT2D eigenvalue weighted by molar-refractivity contribution is 5.87. The highest BCUT2D eigenvalue weighted by Crippen LogP contribution is 2.18. The Hall–Kier alpha value is -0.830. The summed E-state index contributed by atoms with van der Waals surface area (Å²) in [5.74, 6) is -0.00111. The summed E-state index contributed by atoms with van der Waals surface area (Å²) in [6.45, 7) is 5.93. The van der Waals surface area contributed by atoms with Gasteiger partial charge in [0.2, 0.25) is 5.91 Å². The Kier molecular flexibility index (Phi) is 4.14. The first-order valence-corrected chi connectivity index (χ1v) is 5.20. The molecule has 1 N–H and O–H groups in total. The van der Waals surface area contributed by atoms with E-state index in [0.717, 1.165) is 12.8 Å². The molecule has 1 fully saturated rings. The van der Waals surface area contributed by atoms with Crippen LogP contribution < -0.4 is 5.32 Å². The maximum absolute atomic E-state index is 11.3. The Bertz CT molecular complexity index is 215. The standard InChI is InChI=1S/C11H19NO2/c1-4-5-11(13)12-10-6-8(2)14-9(3)7-10/h4-5,8-10H,6-7H2,1-3H3,(H,12,13)/b5-4+. The molecule has 0 aliphatic carbocycles. The van der Waals surface area contributed by atoms with Crippen LogP contribution in [-0.4, -0.2) is 24.2 Å². The van der Waals surface area contributed by atoms with Crippen molar-refractivity contribution in [2.45, 2.75) is 51.9 Å². The van der Waals surface area contributed by atoms with Crippen LogP contribution in [0.4, 0.5) is 0 Å². The molecule has 0 spiro atoms. The van der Waals surface area contributed by atoms with Gasteiger partial charge in [0.15, 0.2) is 0 Å². The van der Waals surface area contributed by atoms with Gasteiger partial charge < -0.3 is 10.1 Å². The molecule has 3 heteroatoms. The van der Waals surface area contributed by atoms with E-state index in [0.29, 0.717) is 0 Å². The lowest BCUT2D eigenvalue weighted by Crippen LogP contribution is -2.43. The van der Waals surface area contributed by atoms with Crippen molar-refractivity contribution < 1.29 is 9.53 Å². The maximum atomic E-state index is 11.3. The highest BCUT2D eigenvalue weighted by atomic mass is 16.5. The second-order valence-corrected chi connectivity index (χ2v) is 3.93. The summed E-state index contributed by atoms with van der Waals surface area (Å²) in [7, 11) is 0. The van der Waals surface area contributed by atoms with Gasteiger partial charge >= 0.3 is 0 Å². The van der Waals surface area contributed by atoms with Gasteiger partial charge in [0.1, 0.15) is 0 Å². The molecule has 1 saturated heterocycles. The van der Waals surface area contributed by atoms with Crippen LogP contribution in [0.3, 0.4) is 0 Å². The van der Waals surface area contributed by atoms with Gasteiger partial charge in [-0.1, -0.05) is 6.08 Å². The van der Waals surface area contributed by atoms with Crippen molar-refractivity contribution in [3.63, 3.8) is 0 Å². The summed E-state index contributed by atoms with van der Waals surface area (Å²) in [5.41, 5.74) is 0. The molecule has 80 valence electrons. The van der Waals surface area contributed by atoms with Crippen molar-refractivity contribution in [1.82, 2.24) is 5.32 Å². The second kappa shape index (κ2) is 5.15. The molecular formula is C11H19NO2. The monoisotopic (exact) mass is 197 g/mol. The first kappa shape index (κ1) is 11.2. The largest absolute Gasteiger partial charge is 0.375 e. The number of hydrogen-bond acceptors (Lipinski definition) is 2. The topological polar surface area (TPSA) is 38.3 Å². The first-order valence-electron chi connectivity index (χ1n) is 5.20. The average molecular weight is 197 g/mol. The van der Waals surface area contributed by atoms with Gasteiger partial charge in [0.25, 0.3) is 0 Å². The number of hydrogen-bond donors (Lipinski definition) is 1. The van der Waals surface area contributed by atoms with Gasteiger partial charge in [-0.05, 0) is 39.7 Å². The molecule has 2 atom stereocenters. The number of allylic oxidation sites excluding steroid dienone is 1. The van der Waals surface area contributed by atoms with Crippen LogP contribution in [0, 0.1) is 0 Å². The Labute approximate surface area is 85.5 Å². The van der Waals surface area contributed by atoms with Crippen molar-refractivity contribution >= 4 is 5.91 Å². The summed E-state index contributed by atoms with van der Waals surface area (Å²) < 4.78 is 5.59. The number of carbonyl (C=O) groups is 1. The molecule has 1 heterocycles. The van der Waals surface area contributed by atoms with Crippen LogP contribution in [0.2, 0.25) is 0 Å². The third kappa shape index (κ3) is 3.50. The van der Waals surface area contributed by atoms with Crippen LogP contribution in [0.15, 0.2) is 12.2 Å². The fourth-order valence-electron chi connectivity index (χ4n) is 1.92. The van der Waals surface area contributed by atoms with Crippen LogP contribution in [0.25, 0.3) is 0 Å². The predicted octanol–water partition coefficient (Wildman–Crippen LogP) is 1.63. The molecule has 2 unspecified atom stereocenters. The molecular weight excluding hydrogens is 178 g/mol. The quantitative estimate of drug-likeness (QED) is 0.683. The van der Waals surface area contributed by atoms with E-state index in [4.69, 9.17) is 4.74 Å². The first-order chi connectivity index (χ1) is 6.61. The van der Waals surface area contributed by atoms with Gasteiger partial charge in [0, 0.05) is 6.04 Å². The molecule has 1 rings (SSSR count). The summed E-state index contributed by atoms with van der Waals surface area (Å²) in [6, 6.07) is 0.262. The van der Waals surface area contributed by atoms with Crippen LogP contribution in [0.5, 0.6) is 0 Å². The van der Waals surface area contributed by atoms with E-state index >= 15 is 0 Å². The number of amides is 1. The Morgan fingerprint density at radius 2 is 1.93 bits per heavy atom. The van der Waals surface area contributed by atoms with E-state index in [-0.39, 0.29) is 24.2 Å². The Morgan fingerprint density at radius 3 is 2.43 bits per heavy atom. The molecule has 3 nitrogen and oxygen atoms in total. The minimum atomic E-state index is -0.00111. The summed E-state index contributed by atoms with van der Waals surface area (Å²) in [5, 5.41) is 2.97. The van der Waals surface area contributed by atoms with Crippen LogP contribution in [0.1, 0.15) is 33.6 Å². The van der Waals surface area contributed by atoms with E-state index in [1.807, 2.05) is 20.8 Å². The second-order valence-electron chi connectivity index (χ2n) is 3.93. The molecule has 1 aliphatic rings. The fraction of sp³-hybridized carbons (Fsp3) is 0.727. The Balaban J connectivity index is 2.40. The van der Waals surface area contributed by atoms with Gasteiger partial charge in [0.05, 0.1) is 12.2 Å². The van der Waals surface area contributed by atoms with Crippen LogP contribution >= 0.6 is 0 Å². The third-order valence-electron chi connectivity index (χ3n) is 2.36. The zero-order valence-corrected chi connectivity index (χ0v) is 9.12. The molecule has 0 aromatic carbocycles. The van der Waals surface area contributed by atoms with E-state index in [1.165, 1.54) is 0 Å². The summed E-state index contributed by atoms with van der Waals surface area (Å²) in [4.78, 5) is 11.3. The summed E-state index contributed by atoms with van der Waals surface area (Å²) in [6.07, 6.45) is 5.62. The number of rotatable bonds is 2. The van der Waals surface area contributed by atoms with Crippen LogP contribution in [-0.2, 0) is 9.53 Å². The minimum absolute atomic E-state index is 0.00111. The molecule has 0 bridgehead atoms. The molecule has 0 radical (unpaired) electrons. The zero-order valence-electron chi connectivity index (χ0n) is 9.12. The van der Waals surface area contributed by atoms with E-state index in [9.17, 15) is 4.79 Å². The molecule has 0 aromatic heterocycles. The van der Waals surface area contributed by atoms with Crippen molar-refractivity contribution in [1.29, 1.82) is 0 Å². The van der Waals surface area contributed by atoms with Gasteiger partial charge in [-0.2, -0.15) is 0 Å². The average Bonchev–Trinajstić information content (AvgIpc) is 2.01. The van der Waals surface area contributed by atoms with E-state index in [1.54, 1.807) is 12.2 Å². The Morgan fingerprint density at radius 1 is 1.36 bits per heavy atom. The fourth-order valence-corrected chi connectivity index (χ4v) is 1.92. The van der Waals surface area contributed by atoms with Crippen molar-refractivity contribution in [3.8, 4) is 0 Å². The lowest BCUT2D eigenvalue weighted by atomic mass is 10.00. The SMILES string of the molecule is C/C=C/C(=O)NC1CC(C)OC(C)C1. The van der Waals surface area contributed by atoms with E-state index < -0.39 is 0 Å². The van der Waals surface area contributed by atoms with Gasteiger partial charge in [-0.25, -0.2) is 0 Å². The van der Waals surface area contributed by atoms with E-state index in [2.05, 4.69) is 5.32 Å². The number of ether oxygens (including phenoxy) is 1. The normalized spacial score (nSPS) is 33.2. The third-order valence-corrected chi connectivity index (χ3v) is 2.36. The summed E-state index contributed by atoms with van der Waals surface area (Å²) >= 11 is 0. The maximum Gasteiger partial charge on any atom is 0.243 e. The molecule has 0 aromatic rings. The van der Waals surface area contributed by atoms with Gasteiger partial charge in [-0.15, -0.1) is 0 Å². The van der Waals surface area contributed by atoms with Crippen molar-refractivity contribution in [2.75, 3.05) is 0 Å². The molecule has 1 amide bonds. The lowest BCUT2D eigenvalue weighted by Gasteiger charge is -2.32. The highest BCUT2D eigenvalue weighted by Gasteiger charge is 2.24. The molecule has 14 heavy (non-hydrogen) atoms. The zero-order chi connectivity index (χ0) is 10.6. The number of nitrogens with one attached hydrogen (secondary N) is 1. The minimum Gasteiger partial charge on any atom is -0.375 e. The molecule has 0 saturated carbocycles.